The van der Waals surface area contributed by atoms with Gasteiger partial charge in [0.15, 0.2) is 0 Å². The number of hydrogen-bond donors (Lipinski definition) is 2. The minimum atomic E-state index is -0.219. The van der Waals surface area contributed by atoms with Crippen LogP contribution in [0.15, 0.2) is 47.4 Å². The summed E-state index contributed by atoms with van der Waals surface area (Å²) < 4.78 is 0. The number of carbonyl (C=O) groups excluding carboxylic acids is 1. The third-order valence-corrected chi connectivity index (χ3v) is 3.50. The second kappa shape index (κ2) is 6.39. The van der Waals surface area contributed by atoms with E-state index in [2.05, 4.69) is 36.3 Å². The van der Waals surface area contributed by atoms with Crippen LogP contribution in [0, 0.1) is 0 Å². The van der Waals surface area contributed by atoms with Crippen molar-refractivity contribution in [3.05, 3.63) is 69.6 Å². The molecule has 2 N–H and O–H groups in total. The first-order valence-electron chi connectivity index (χ1n) is 7.07. The molecule has 21 heavy (non-hydrogen) atoms. The topological polar surface area (TPSA) is 62.0 Å². The van der Waals surface area contributed by atoms with Crippen molar-refractivity contribution >= 4 is 5.91 Å². The highest BCUT2D eigenvalue weighted by Gasteiger charge is 2.11. The minimum absolute atomic E-state index is 0.0920. The molecule has 0 saturated heterocycles. The third-order valence-electron chi connectivity index (χ3n) is 3.50. The zero-order valence-corrected chi connectivity index (χ0v) is 12.5. The number of nitrogens with one attached hydrogen (secondary N) is 2. The number of aromatic amines is 1. The first-order chi connectivity index (χ1) is 9.97. The summed E-state index contributed by atoms with van der Waals surface area (Å²) in [4.78, 5) is 25.6. The van der Waals surface area contributed by atoms with Gasteiger partial charge in [0.2, 0.25) is 5.56 Å². The Morgan fingerprint density at radius 2 is 1.62 bits per heavy atom. The number of hydrogen-bond acceptors (Lipinski definition) is 2. The quantitative estimate of drug-likeness (QED) is 0.906. The van der Waals surface area contributed by atoms with E-state index in [1.165, 1.54) is 23.9 Å². The monoisotopic (exact) mass is 284 g/mol. The molecular formula is C17H20N2O2. The highest BCUT2D eigenvalue weighted by molar-refractivity contribution is 5.94. The van der Waals surface area contributed by atoms with Crippen LogP contribution in [0.5, 0.6) is 0 Å². The predicted molar refractivity (Wildman–Crippen MR) is 83.5 cm³/mol. The minimum Gasteiger partial charge on any atom is -0.345 e. The number of amides is 1. The smallest absolute Gasteiger partial charge is 0.253 e. The van der Waals surface area contributed by atoms with Gasteiger partial charge in [-0.1, -0.05) is 38.1 Å². The third kappa shape index (κ3) is 3.81. The Morgan fingerprint density at radius 1 is 1.00 bits per heavy atom. The van der Waals surface area contributed by atoms with E-state index in [1.54, 1.807) is 0 Å². The second-order valence-electron chi connectivity index (χ2n) is 5.46. The number of benzene rings is 1. The highest BCUT2D eigenvalue weighted by atomic mass is 16.2. The first kappa shape index (κ1) is 15.0. The second-order valence-corrected chi connectivity index (χ2v) is 5.46. The Morgan fingerprint density at radius 3 is 2.14 bits per heavy atom. The molecule has 4 nitrogen and oxygen atoms in total. The molecule has 1 amide bonds. The maximum Gasteiger partial charge on any atom is 0.253 e. The first-order valence-corrected chi connectivity index (χ1v) is 7.07. The zero-order chi connectivity index (χ0) is 15.4. The van der Waals surface area contributed by atoms with Crippen LogP contribution in [0.2, 0.25) is 0 Å². The summed E-state index contributed by atoms with van der Waals surface area (Å²) >= 11 is 0. The fourth-order valence-electron chi connectivity index (χ4n) is 2.08. The van der Waals surface area contributed by atoms with E-state index >= 15 is 0 Å². The van der Waals surface area contributed by atoms with E-state index in [9.17, 15) is 9.59 Å². The molecule has 110 valence electrons. The Hall–Kier alpha value is -2.36. The van der Waals surface area contributed by atoms with Crippen LogP contribution in [0.3, 0.4) is 0 Å². The number of rotatable bonds is 4. The van der Waals surface area contributed by atoms with Gasteiger partial charge in [-0.25, -0.2) is 0 Å². The average molecular weight is 284 g/mol. The normalized spacial score (nSPS) is 12.2. The maximum atomic E-state index is 12.1. The van der Waals surface area contributed by atoms with Gasteiger partial charge in [0, 0.05) is 12.3 Å². The molecule has 0 spiro atoms. The van der Waals surface area contributed by atoms with Crippen LogP contribution in [0.1, 0.15) is 54.2 Å². The lowest BCUT2D eigenvalue weighted by Gasteiger charge is -2.15. The molecule has 0 aliphatic heterocycles. The molecule has 1 aromatic carbocycles. The fourth-order valence-corrected chi connectivity index (χ4v) is 2.08. The summed E-state index contributed by atoms with van der Waals surface area (Å²) in [6, 6.07) is 11.0. The molecule has 0 saturated carbocycles. The van der Waals surface area contributed by atoms with Gasteiger partial charge in [-0.3, -0.25) is 9.59 Å². The Kier molecular flexibility index (Phi) is 4.58. The van der Waals surface area contributed by atoms with Crippen molar-refractivity contribution in [1.82, 2.24) is 10.3 Å². The van der Waals surface area contributed by atoms with Crippen molar-refractivity contribution in [1.29, 1.82) is 0 Å². The number of pyridine rings is 1. The van der Waals surface area contributed by atoms with E-state index in [-0.39, 0.29) is 17.5 Å². The molecule has 0 aliphatic carbocycles. The summed E-state index contributed by atoms with van der Waals surface area (Å²) in [5.74, 6) is 0.289. The number of H-pyrrole nitrogens is 1. The van der Waals surface area contributed by atoms with Crippen molar-refractivity contribution in [2.75, 3.05) is 0 Å². The molecule has 1 unspecified atom stereocenters. The summed E-state index contributed by atoms with van der Waals surface area (Å²) in [7, 11) is 0. The molecule has 0 fully saturated rings. The predicted octanol–water partition coefficient (Wildman–Crippen LogP) is 2.99. The van der Waals surface area contributed by atoms with Gasteiger partial charge in [0.25, 0.3) is 5.91 Å². The number of aromatic nitrogens is 1. The standard InChI is InChI=1S/C17H20N2O2/c1-11(2)13-4-6-14(7-5-13)12(3)19-17(21)15-8-9-16(20)18-10-15/h4-12H,1-3H3,(H,18,20)(H,19,21). The SMILES string of the molecule is CC(C)c1ccc(C(C)NC(=O)c2ccc(=O)[nH]c2)cc1. The molecule has 0 aliphatic rings. The van der Waals surface area contributed by atoms with Gasteiger partial charge in [-0.15, -0.1) is 0 Å². The summed E-state index contributed by atoms with van der Waals surface area (Å²) in [6.45, 7) is 6.24. The van der Waals surface area contributed by atoms with Gasteiger partial charge in [-0.2, -0.15) is 0 Å². The molecule has 0 radical (unpaired) electrons. The van der Waals surface area contributed by atoms with E-state index in [4.69, 9.17) is 0 Å². The average Bonchev–Trinajstić information content (AvgIpc) is 2.47. The Labute approximate surface area is 124 Å². The maximum absolute atomic E-state index is 12.1. The largest absolute Gasteiger partial charge is 0.345 e. The molecule has 2 rings (SSSR count). The van der Waals surface area contributed by atoms with Crippen LogP contribution < -0.4 is 10.9 Å². The van der Waals surface area contributed by atoms with Crippen molar-refractivity contribution in [3.63, 3.8) is 0 Å². The van der Waals surface area contributed by atoms with Gasteiger partial charge in [0.1, 0.15) is 0 Å². The molecule has 4 heteroatoms. The number of carbonyl (C=O) groups is 1. The van der Waals surface area contributed by atoms with E-state index in [0.717, 1.165) is 5.56 Å². The van der Waals surface area contributed by atoms with E-state index < -0.39 is 0 Å². The lowest BCUT2D eigenvalue weighted by atomic mass is 9.99. The van der Waals surface area contributed by atoms with Crippen LogP contribution in [0.25, 0.3) is 0 Å². The molecule has 0 bridgehead atoms. The van der Waals surface area contributed by atoms with Gasteiger partial charge >= 0.3 is 0 Å². The fraction of sp³-hybridized carbons (Fsp3) is 0.294. The van der Waals surface area contributed by atoms with Crippen molar-refractivity contribution in [2.45, 2.75) is 32.7 Å². The molecule has 1 aromatic heterocycles. The lowest BCUT2D eigenvalue weighted by molar-refractivity contribution is 0.0939. The van der Waals surface area contributed by atoms with E-state index in [1.807, 2.05) is 19.1 Å². The molecular weight excluding hydrogens is 264 g/mol. The van der Waals surface area contributed by atoms with Gasteiger partial charge < -0.3 is 10.3 Å². The van der Waals surface area contributed by atoms with Crippen molar-refractivity contribution in [2.24, 2.45) is 0 Å². The summed E-state index contributed by atoms with van der Waals surface area (Å²) in [6.07, 6.45) is 1.42. The van der Waals surface area contributed by atoms with Gasteiger partial charge in [0.05, 0.1) is 11.6 Å². The summed E-state index contributed by atoms with van der Waals surface area (Å²) in [5.41, 5.74) is 2.55. The van der Waals surface area contributed by atoms with Crippen molar-refractivity contribution in [3.8, 4) is 0 Å². The van der Waals surface area contributed by atoms with Crippen molar-refractivity contribution < 1.29 is 4.79 Å². The Bertz CT molecular complexity index is 651. The van der Waals surface area contributed by atoms with Crippen LogP contribution in [-0.2, 0) is 0 Å². The van der Waals surface area contributed by atoms with Gasteiger partial charge in [-0.05, 0) is 30.0 Å². The summed E-state index contributed by atoms with van der Waals surface area (Å²) in [5, 5.41) is 2.92. The molecule has 2 aromatic rings. The van der Waals surface area contributed by atoms with Crippen LogP contribution in [0.4, 0.5) is 0 Å². The zero-order valence-electron chi connectivity index (χ0n) is 12.5. The van der Waals surface area contributed by atoms with E-state index in [0.29, 0.717) is 11.5 Å². The molecule has 1 heterocycles. The Balaban J connectivity index is 2.06. The van der Waals surface area contributed by atoms with Crippen LogP contribution in [-0.4, -0.2) is 10.9 Å². The van der Waals surface area contributed by atoms with Crippen LogP contribution >= 0.6 is 0 Å². The molecule has 1 atom stereocenters. The highest BCUT2D eigenvalue weighted by Crippen LogP contribution is 2.18. The lowest BCUT2D eigenvalue weighted by Crippen LogP contribution is -2.27.